The van der Waals surface area contributed by atoms with Crippen LogP contribution in [0.5, 0.6) is 0 Å². The van der Waals surface area contributed by atoms with Crippen molar-refractivity contribution < 1.29 is 19.2 Å². The van der Waals surface area contributed by atoms with Crippen molar-refractivity contribution >= 4 is 28.8 Å². The molecule has 1 N–H and O–H groups in total. The normalized spacial score (nSPS) is 18.1. The molecule has 5 heteroatoms. The second-order valence-corrected chi connectivity index (χ2v) is 5.70. The first-order chi connectivity index (χ1) is 11.3. The summed E-state index contributed by atoms with van der Waals surface area (Å²) in [6, 6.07) is 4.92. The number of ketones is 4. The van der Waals surface area contributed by atoms with Crippen LogP contribution >= 0.6 is 0 Å². The second-order valence-electron chi connectivity index (χ2n) is 5.70. The molecule has 1 aliphatic rings. The summed E-state index contributed by atoms with van der Waals surface area (Å²) >= 11 is 0. The minimum Gasteiger partial charge on any atom is -0.388 e. The highest BCUT2D eigenvalue weighted by Crippen LogP contribution is 2.23. The van der Waals surface area contributed by atoms with Crippen LogP contribution in [0, 0.1) is 5.92 Å². The quantitative estimate of drug-likeness (QED) is 0.511. The van der Waals surface area contributed by atoms with Crippen molar-refractivity contribution in [3.05, 3.63) is 53.6 Å². The number of anilines is 1. The van der Waals surface area contributed by atoms with Crippen molar-refractivity contribution in [2.24, 2.45) is 5.92 Å². The van der Waals surface area contributed by atoms with Crippen LogP contribution in [0.15, 0.2) is 42.5 Å². The van der Waals surface area contributed by atoms with Gasteiger partial charge in [0.25, 0.3) is 0 Å². The van der Waals surface area contributed by atoms with Gasteiger partial charge in [0.1, 0.15) is 0 Å². The zero-order valence-corrected chi connectivity index (χ0v) is 13.7. The fraction of sp³-hybridized carbons (Fsp3) is 0.263. The predicted octanol–water partition coefficient (Wildman–Crippen LogP) is 2.77. The van der Waals surface area contributed by atoms with Crippen molar-refractivity contribution in [2.45, 2.75) is 19.8 Å². The van der Waals surface area contributed by atoms with Gasteiger partial charge in [0.15, 0.2) is 23.1 Å². The first kappa shape index (κ1) is 17.5. The molecular formula is C19H19NO4. The molecule has 0 bridgehead atoms. The molecule has 0 heterocycles. The number of nitrogens with one attached hydrogen (secondary N) is 1. The van der Waals surface area contributed by atoms with E-state index in [-0.39, 0.29) is 40.7 Å². The Morgan fingerprint density at radius 3 is 2.58 bits per heavy atom. The summed E-state index contributed by atoms with van der Waals surface area (Å²) in [6.45, 7) is 4.90. The van der Waals surface area contributed by atoms with E-state index < -0.39 is 5.92 Å². The predicted molar refractivity (Wildman–Crippen MR) is 91.3 cm³/mol. The van der Waals surface area contributed by atoms with E-state index in [4.69, 9.17) is 0 Å². The van der Waals surface area contributed by atoms with E-state index in [1.54, 1.807) is 25.2 Å². The van der Waals surface area contributed by atoms with Crippen molar-refractivity contribution in [1.29, 1.82) is 0 Å². The maximum Gasteiger partial charge on any atom is 0.186 e. The van der Waals surface area contributed by atoms with E-state index in [1.807, 2.05) is 0 Å². The molecule has 0 spiro atoms. The van der Waals surface area contributed by atoms with Gasteiger partial charge in [-0.2, -0.15) is 0 Å². The maximum absolute atomic E-state index is 12.5. The van der Waals surface area contributed by atoms with Crippen molar-refractivity contribution in [2.75, 3.05) is 12.4 Å². The van der Waals surface area contributed by atoms with Gasteiger partial charge in [0.05, 0.1) is 5.57 Å². The smallest absolute Gasteiger partial charge is 0.186 e. The van der Waals surface area contributed by atoms with Gasteiger partial charge in [0, 0.05) is 36.2 Å². The lowest BCUT2D eigenvalue weighted by molar-refractivity contribution is -0.125. The van der Waals surface area contributed by atoms with Gasteiger partial charge in [-0.15, -0.1) is 0 Å². The zero-order valence-electron chi connectivity index (χ0n) is 13.7. The van der Waals surface area contributed by atoms with E-state index in [0.717, 1.165) is 0 Å². The van der Waals surface area contributed by atoms with E-state index in [2.05, 4.69) is 11.9 Å². The van der Waals surface area contributed by atoms with Crippen LogP contribution in [-0.4, -0.2) is 30.2 Å². The van der Waals surface area contributed by atoms with E-state index in [1.165, 1.54) is 19.1 Å². The Kier molecular flexibility index (Phi) is 5.24. The fourth-order valence-electron chi connectivity index (χ4n) is 2.62. The lowest BCUT2D eigenvalue weighted by Gasteiger charge is -2.18. The molecule has 2 rings (SSSR count). The average molecular weight is 325 g/mol. The maximum atomic E-state index is 12.5. The lowest BCUT2D eigenvalue weighted by Crippen LogP contribution is -2.26. The number of carbonyl (C=O) groups is 4. The second kappa shape index (κ2) is 7.17. The molecule has 0 saturated heterocycles. The molecule has 1 aromatic carbocycles. The summed E-state index contributed by atoms with van der Waals surface area (Å²) in [4.78, 5) is 47.6. The third kappa shape index (κ3) is 3.56. The minimum atomic E-state index is -0.521. The van der Waals surface area contributed by atoms with Gasteiger partial charge >= 0.3 is 0 Å². The number of hydrogen-bond donors (Lipinski definition) is 1. The van der Waals surface area contributed by atoms with Crippen molar-refractivity contribution in [3.8, 4) is 0 Å². The van der Waals surface area contributed by atoms with Crippen LogP contribution < -0.4 is 5.32 Å². The number of hydrogen-bond acceptors (Lipinski definition) is 5. The van der Waals surface area contributed by atoms with Crippen LogP contribution in [0.25, 0.3) is 0 Å². The largest absolute Gasteiger partial charge is 0.388 e. The summed E-state index contributed by atoms with van der Waals surface area (Å²) < 4.78 is 0. The Morgan fingerprint density at radius 2 is 1.96 bits per heavy atom. The summed E-state index contributed by atoms with van der Waals surface area (Å²) in [5.41, 5.74) is 1.32. The molecule has 124 valence electrons. The van der Waals surface area contributed by atoms with Crippen LogP contribution in [0.4, 0.5) is 5.69 Å². The molecule has 1 unspecified atom stereocenters. The summed E-state index contributed by atoms with van der Waals surface area (Å²) in [5, 5.41) is 2.92. The molecule has 0 aromatic heterocycles. The van der Waals surface area contributed by atoms with Gasteiger partial charge in [-0.3, -0.25) is 19.2 Å². The van der Waals surface area contributed by atoms with Gasteiger partial charge in [-0.1, -0.05) is 12.7 Å². The summed E-state index contributed by atoms with van der Waals surface area (Å²) in [6.07, 6.45) is 3.42. The monoisotopic (exact) mass is 325 g/mol. The molecule has 1 aliphatic carbocycles. The van der Waals surface area contributed by atoms with Crippen molar-refractivity contribution in [3.63, 3.8) is 0 Å². The molecule has 5 nitrogen and oxygen atoms in total. The number of allylic oxidation sites excluding steroid dienone is 3. The Balaban J connectivity index is 2.26. The van der Waals surface area contributed by atoms with E-state index in [0.29, 0.717) is 17.7 Å². The number of carbonyl (C=O) groups excluding carboxylic acids is 4. The van der Waals surface area contributed by atoms with E-state index in [9.17, 15) is 19.2 Å². The zero-order chi connectivity index (χ0) is 17.9. The summed E-state index contributed by atoms with van der Waals surface area (Å²) in [5.74, 6) is -1.66. The lowest BCUT2D eigenvalue weighted by atomic mass is 9.83. The average Bonchev–Trinajstić information content (AvgIpc) is 2.58. The molecular weight excluding hydrogens is 306 g/mol. The number of rotatable bonds is 5. The molecule has 1 saturated carbocycles. The third-order valence-electron chi connectivity index (χ3n) is 4.09. The molecule has 0 amide bonds. The Morgan fingerprint density at radius 1 is 1.25 bits per heavy atom. The van der Waals surface area contributed by atoms with E-state index >= 15 is 0 Å². The number of benzene rings is 1. The Bertz CT molecular complexity index is 774. The highest BCUT2D eigenvalue weighted by molar-refractivity contribution is 6.22. The molecule has 1 atom stereocenters. The summed E-state index contributed by atoms with van der Waals surface area (Å²) in [7, 11) is 1.72. The molecule has 0 aliphatic heterocycles. The van der Waals surface area contributed by atoms with Crippen molar-refractivity contribution in [1.82, 2.24) is 0 Å². The highest BCUT2D eigenvalue weighted by atomic mass is 16.2. The molecule has 24 heavy (non-hydrogen) atoms. The van der Waals surface area contributed by atoms with Gasteiger partial charge in [0.2, 0.25) is 0 Å². The minimum absolute atomic E-state index is 0.00930. The number of Topliss-reactive ketones (excluding diaryl/α,β-unsaturated/α-hetero) is 3. The van der Waals surface area contributed by atoms with Gasteiger partial charge < -0.3 is 5.32 Å². The Hall–Kier alpha value is -2.82. The molecule has 0 radical (unpaired) electrons. The first-order valence-corrected chi connectivity index (χ1v) is 7.66. The van der Waals surface area contributed by atoms with Gasteiger partial charge in [-0.25, -0.2) is 0 Å². The van der Waals surface area contributed by atoms with Crippen LogP contribution in [-0.2, 0) is 9.59 Å². The standard InChI is InChI=1S/C19H19NO4/c1-11-17(22)8-4-13(19(11)24)5-9-18(23)16-10-14(20-3)6-7-15(16)12(2)21/h5-7,9-10,13,20H,1,4,8H2,2-3H3/b9-5+. The topological polar surface area (TPSA) is 80.3 Å². The Labute approximate surface area is 140 Å². The molecule has 1 aromatic rings. The third-order valence-corrected chi connectivity index (χ3v) is 4.09. The van der Waals surface area contributed by atoms with Crippen LogP contribution in [0.3, 0.4) is 0 Å². The SMILES string of the molecule is C=C1C(=O)CCC(/C=C/C(=O)c2cc(NC)ccc2C(C)=O)C1=O. The first-order valence-electron chi connectivity index (χ1n) is 7.66. The fourth-order valence-corrected chi connectivity index (χ4v) is 2.62. The van der Waals surface area contributed by atoms with Gasteiger partial charge in [-0.05, 0) is 37.6 Å². The highest BCUT2D eigenvalue weighted by Gasteiger charge is 2.29. The van der Waals surface area contributed by atoms with Crippen LogP contribution in [0.2, 0.25) is 0 Å². The molecule has 1 fully saturated rings. The van der Waals surface area contributed by atoms with Crippen LogP contribution in [0.1, 0.15) is 40.5 Å².